The second-order valence-electron chi connectivity index (χ2n) is 4.78. The Morgan fingerprint density at radius 3 is 3.00 bits per heavy atom. The fourth-order valence-electron chi connectivity index (χ4n) is 1.78. The molecule has 1 aromatic heterocycles. The van der Waals surface area contributed by atoms with Crippen LogP contribution in [-0.4, -0.2) is 11.0 Å². The van der Waals surface area contributed by atoms with Gasteiger partial charge in [0.05, 0.1) is 5.69 Å². The van der Waals surface area contributed by atoms with E-state index in [1.807, 2.05) is 5.38 Å². The summed E-state index contributed by atoms with van der Waals surface area (Å²) in [5.74, 6) is 0.185. The van der Waals surface area contributed by atoms with Crippen molar-refractivity contribution in [2.75, 3.05) is 0 Å². The van der Waals surface area contributed by atoms with E-state index in [-0.39, 0.29) is 5.82 Å². The van der Waals surface area contributed by atoms with Gasteiger partial charge in [0.2, 0.25) is 0 Å². The van der Waals surface area contributed by atoms with Crippen LogP contribution >= 0.6 is 27.3 Å². The van der Waals surface area contributed by atoms with Crippen LogP contribution in [0.15, 0.2) is 28.1 Å². The molecule has 1 N–H and O–H groups in total. The Kier molecular flexibility index (Phi) is 4.33. The highest BCUT2D eigenvalue weighted by Gasteiger charge is 2.20. The van der Waals surface area contributed by atoms with Gasteiger partial charge in [0.1, 0.15) is 23.2 Å². The van der Waals surface area contributed by atoms with Gasteiger partial charge in [-0.2, -0.15) is 0 Å². The molecule has 0 saturated heterocycles. The average molecular weight is 357 g/mol. The molecule has 3 nitrogen and oxygen atoms in total. The van der Waals surface area contributed by atoms with Gasteiger partial charge in [-0.25, -0.2) is 9.37 Å². The molecule has 0 atom stereocenters. The summed E-state index contributed by atoms with van der Waals surface area (Å²) in [6.07, 6.45) is 2.55. The molecule has 106 valence electrons. The topological polar surface area (TPSA) is 34.1 Å². The summed E-state index contributed by atoms with van der Waals surface area (Å²) in [5, 5.41) is 6.48. The van der Waals surface area contributed by atoms with E-state index in [4.69, 9.17) is 4.74 Å². The summed E-state index contributed by atoms with van der Waals surface area (Å²) < 4.78 is 19.4. The number of aromatic nitrogens is 1. The van der Waals surface area contributed by atoms with Gasteiger partial charge >= 0.3 is 0 Å². The Balaban J connectivity index is 1.54. The molecule has 1 saturated carbocycles. The van der Waals surface area contributed by atoms with Crippen LogP contribution in [0.5, 0.6) is 5.75 Å². The van der Waals surface area contributed by atoms with E-state index in [1.165, 1.54) is 25.0 Å². The zero-order valence-corrected chi connectivity index (χ0v) is 13.1. The van der Waals surface area contributed by atoms with Gasteiger partial charge in [-0.15, -0.1) is 11.3 Å². The molecule has 0 aliphatic heterocycles. The fraction of sp³-hybridized carbons (Fsp3) is 0.357. The third kappa shape index (κ3) is 4.01. The summed E-state index contributed by atoms with van der Waals surface area (Å²) in [4.78, 5) is 4.50. The summed E-state index contributed by atoms with van der Waals surface area (Å²) in [5.41, 5.74) is 0.878. The molecule has 0 bridgehead atoms. The van der Waals surface area contributed by atoms with E-state index in [9.17, 15) is 4.39 Å². The van der Waals surface area contributed by atoms with E-state index >= 15 is 0 Å². The Hall–Kier alpha value is -0.980. The fourth-order valence-corrected chi connectivity index (χ4v) is 2.96. The Labute approximate surface area is 129 Å². The van der Waals surface area contributed by atoms with Crippen LogP contribution in [0.2, 0.25) is 0 Å². The summed E-state index contributed by atoms with van der Waals surface area (Å²) in [6, 6.07) is 5.19. The van der Waals surface area contributed by atoms with Crippen LogP contribution < -0.4 is 10.1 Å². The lowest BCUT2D eigenvalue weighted by atomic mass is 10.3. The number of rotatable bonds is 6. The highest BCUT2D eigenvalue weighted by molar-refractivity contribution is 9.10. The first-order chi connectivity index (χ1) is 9.69. The van der Waals surface area contributed by atoms with Crippen molar-refractivity contribution in [3.63, 3.8) is 0 Å². The second-order valence-corrected chi connectivity index (χ2v) is 6.64. The Morgan fingerprint density at radius 2 is 2.25 bits per heavy atom. The van der Waals surface area contributed by atoms with Crippen molar-refractivity contribution in [3.05, 3.63) is 44.6 Å². The number of thiazole rings is 1. The van der Waals surface area contributed by atoms with Gasteiger partial charge in [-0.05, 0) is 25.0 Å². The smallest absolute Gasteiger partial charge is 0.131 e. The molecule has 0 spiro atoms. The van der Waals surface area contributed by atoms with Crippen molar-refractivity contribution >= 4 is 27.3 Å². The van der Waals surface area contributed by atoms with Gasteiger partial charge < -0.3 is 10.1 Å². The van der Waals surface area contributed by atoms with Gasteiger partial charge in [0, 0.05) is 28.5 Å². The number of nitrogens with one attached hydrogen (secondary N) is 1. The molecule has 1 aromatic carbocycles. The summed E-state index contributed by atoms with van der Waals surface area (Å²) in [6.45, 7) is 1.18. The van der Waals surface area contributed by atoms with Crippen molar-refractivity contribution in [3.8, 4) is 5.75 Å². The third-order valence-corrected chi connectivity index (χ3v) is 4.30. The molecule has 0 amide bonds. The number of benzene rings is 1. The van der Waals surface area contributed by atoms with E-state index < -0.39 is 0 Å². The normalized spacial score (nSPS) is 14.5. The molecular formula is C14H14BrFN2OS. The van der Waals surface area contributed by atoms with Crippen LogP contribution in [0.3, 0.4) is 0 Å². The lowest BCUT2D eigenvalue weighted by molar-refractivity contribution is 0.300. The maximum atomic E-state index is 13.2. The maximum Gasteiger partial charge on any atom is 0.131 e. The standard InChI is InChI=1S/C14H14BrFN2OS/c15-9-3-10(16)5-13(4-9)19-7-12-8-20-14(18-12)6-17-11-1-2-11/h3-5,8,11,17H,1-2,6-7H2. The van der Waals surface area contributed by atoms with Crippen molar-refractivity contribution in [2.45, 2.75) is 32.0 Å². The minimum atomic E-state index is -0.318. The predicted octanol–water partition coefficient (Wildman–Crippen LogP) is 3.88. The molecule has 1 aliphatic carbocycles. The van der Waals surface area contributed by atoms with E-state index in [1.54, 1.807) is 17.4 Å². The Bertz CT molecular complexity index is 580. The van der Waals surface area contributed by atoms with Crippen LogP contribution in [0.4, 0.5) is 4.39 Å². The number of hydrogen-bond donors (Lipinski definition) is 1. The SMILES string of the molecule is Fc1cc(Br)cc(OCc2csc(CNC3CC3)n2)c1. The lowest BCUT2D eigenvalue weighted by Gasteiger charge is -2.05. The first-order valence-corrected chi connectivity index (χ1v) is 8.12. The minimum absolute atomic E-state index is 0.318. The first kappa shape index (κ1) is 14.0. The van der Waals surface area contributed by atoms with Crippen LogP contribution in [0, 0.1) is 5.82 Å². The summed E-state index contributed by atoms with van der Waals surface area (Å²) in [7, 11) is 0. The number of ether oxygens (including phenoxy) is 1. The number of nitrogens with zero attached hydrogens (tertiary/aromatic N) is 1. The van der Waals surface area contributed by atoms with Crippen LogP contribution in [0.25, 0.3) is 0 Å². The quantitative estimate of drug-likeness (QED) is 0.852. The number of hydrogen-bond acceptors (Lipinski definition) is 4. The average Bonchev–Trinajstić information content (AvgIpc) is 3.12. The second kappa shape index (κ2) is 6.20. The molecule has 0 radical (unpaired) electrons. The zero-order valence-electron chi connectivity index (χ0n) is 10.7. The molecule has 0 unspecified atom stereocenters. The molecule has 20 heavy (non-hydrogen) atoms. The van der Waals surface area contributed by atoms with Crippen molar-refractivity contribution in [1.82, 2.24) is 10.3 Å². The molecule has 1 aliphatic rings. The molecule has 6 heteroatoms. The highest BCUT2D eigenvalue weighted by atomic mass is 79.9. The van der Waals surface area contributed by atoms with Gasteiger partial charge in [0.25, 0.3) is 0 Å². The molecule has 2 aromatic rings. The van der Waals surface area contributed by atoms with E-state index in [0.717, 1.165) is 17.2 Å². The minimum Gasteiger partial charge on any atom is -0.487 e. The third-order valence-electron chi connectivity index (χ3n) is 2.94. The van der Waals surface area contributed by atoms with Gasteiger partial charge in [0.15, 0.2) is 0 Å². The number of halogens is 2. The largest absolute Gasteiger partial charge is 0.487 e. The van der Waals surface area contributed by atoms with Gasteiger partial charge in [-0.3, -0.25) is 0 Å². The Morgan fingerprint density at radius 1 is 1.40 bits per heavy atom. The van der Waals surface area contributed by atoms with E-state index in [2.05, 4.69) is 26.2 Å². The first-order valence-electron chi connectivity index (χ1n) is 6.44. The van der Waals surface area contributed by atoms with Crippen LogP contribution in [0.1, 0.15) is 23.5 Å². The molecular weight excluding hydrogens is 343 g/mol. The predicted molar refractivity (Wildman–Crippen MR) is 80.4 cm³/mol. The van der Waals surface area contributed by atoms with Crippen LogP contribution in [-0.2, 0) is 13.2 Å². The maximum absolute atomic E-state index is 13.2. The van der Waals surface area contributed by atoms with E-state index in [0.29, 0.717) is 22.9 Å². The van der Waals surface area contributed by atoms with Crippen molar-refractivity contribution in [1.29, 1.82) is 0 Å². The van der Waals surface area contributed by atoms with Crippen molar-refractivity contribution in [2.24, 2.45) is 0 Å². The van der Waals surface area contributed by atoms with Gasteiger partial charge in [-0.1, -0.05) is 15.9 Å². The zero-order chi connectivity index (χ0) is 13.9. The molecule has 3 rings (SSSR count). The molecule has 1 heterocycles. The monoisotopic (exact) mass is 356 g/mol. The van der Waals surface area contributed by atoms with Crippen molar-refractivity contribution < 1.29 is 9.13 Å². The highest BCUT2D eigenvalue weighted by Crippen LogP contribution is 2.22. The summed E-state index contributed by atoms with van der Waals surface area (Å²) >= 11 is 4.87. The lowest BCUT2D eigenvalue weighted by Crippen LogP contribution is -2.15. The molecule has 1 fully saturated rings.